The van der Waals surface area contributed by atoms with Crippen LogP contribution in [0.4, 0.5) is 10.1 Å². The van der Waals surface area contributed by atoms with E-state index in [0.717, 1.165) is 12.8 Å². The summed E-state index contributed by atoms with van der Waals surface area (Å²) in [5.74, 6) is -0.951. The van der Waals surface area contributed by atoms with Gasteiger partial charge < -0.3 is 10.1 Å². The molecule has 1 aromatic rings. The topological polar surface area (TPSA) is 38.3 Å². The number of methoxy groups -OCH3 is 1. The van der Waals surface area contributed by atoms with Crippen LogP contribution in [0.5, 0.6) is 0 Å². The molecule has 1 unspecified atom stereocenters. The summed E-state index contributed by atoms with van der Waals surface area (Å²) >= 11 is 5.68. The molecular weight excluding hydrogens is 257 g/mol. The molecule has 18 heavy (non-hydrogen) atoms. The summed E-state index contributed by atoms with van der Waals surface area (Å²) in [6.07, 6.45) is 2.40. The van der Waals surface area contributed by atoms with Crippen LogP contribution in [0.2, 0.25) is 5.02 Å². The minimum absolute atomic E-state index is 0.0270. The number of carbonyl (C=O) groups is 1. The van der Waals surface area contributed by atoms with Gasteiger partial charge in [-0.3, -0.25) is 0 Å². The van der Waals surface area contributed by atoms with Gasteiger partial charge in [0.25, 0.3) is 0 Å². The normalized spacial score (nSPS) is 12.0. The molecule has 0 bridgehead atoms. The lowest BCUT2D eigenvalue weighted by molar-refractivity contribution is -0.141. The van der Waals surface area contributed by atoms with E-state index < -0.39 is 17.8 Å². The quantitative estimate of drug-likeness (QED) is 0.805. The average molecular weight is 274 g/mol. The van der Waals surface area contributed by atoms with Gasteiger partial charge in [0, 0.05) is 0 Å². The molecule has 0 aliphatic rings. The van der Waals surface area contributed by atoms with Gasteiger partial charge in [-0.1, -0.05) is 37.4 Å². The smallest absolute Gasteiger partial charge is 0.328 e. The first kappa shape index (κ1) is 14.8. The summed E-state index contributed by atoms with van der Waals surface area (Å²) in [5.41, 5.74) is 0.217. The first-order valence-corrected chi connectivity index (χ1v) is 6.26. The monoisotopic (exact) mass is 273 g/mol. The number of nitrogens with one attached hydrogen (secondary N) is 1. The zero-order valence-electron chi connectivity index (χ0n) is 10.5. The summed E-state index contributed by atoms with van der Waals surface area (Å²) in [5, 5.41) is 2.87. The van der Waals surface area contributed by atoms with E-state index in [-0.39, 0.29) is 10.7 Å². The molecule has 0 aromatic heterocycles. The van der Waals surface area contributed by atoms with Crippen molar-refractivity contribution in [1.82, 2.24) is 0 Å². The molecule has 1 rings (SSSR count). The molecule has 0 fully saturated rings. The van der Waals surface area contributed by atoms with Gasteiger partial charge in [-0.2, -0.15) is 0 Å². The Bertz CT molecular complexity index is 412. The molecule has 0 amide bonds. The lowest BCUT2D eigenvalue weighted by Crippen LogP contribution is -2.31. The summed E-state index contributed by atoms with van der Waals surface area (Å²) in [6, 6.07) is 4.08. The Morgan fingerprint density at radius 3 is 2.89 bits per heavy atom. The lowest BCUT2D eigenvalue weighted by Gasteiger charge is -2.18. The van der Waals surface area contributed by atoms with Gasteiger partial charge in [0.1, 0.15) is 6.04 Å². The van der Waals surface area contributed by atoms with E-state index >= 15 is 0 Å². The van der Waals surface area contributed by atoms with Gasteiger partial charge >= 0.3 is 5.97 Å². The van der Waals surface area contributed by atoms with Crippen molar-refractivity contribution in [2.24, 2.45) is 0 Å². The van der Waals surface area contributed by atoms with Crippen LogP contribution in [0.3, 0.4) is 0 Å². The SMILES string of the molecule is CCCCC(Nc1cccc(Cl)c1F)C(=O)OC. The van der Waals surface area contributed by atoms with Gasteiger partial charge in [0.05, 0.1) is 17.8 Å². The Hall–Kier alpha value is -1.29. The number of esters is 1. The van der Waals surface area contributed by atoms with Gasteiger partial charge in [-0.15, -0.1) is 0 Å². The van der Waals surface area contributed by atoms with E-state index in [9.17, 15) is 9.18 Å². The van der Waals surface area contributed by atoms with Crippen LogP contribution < -0.4 is 5.32 Å². The minimum atomic E-state index is -0.553. The van der Waals surface area contributed by atoms with Crippen LogP contribution >= 0.6 is 11.6 Å². The fraction of sp³-hybridized carbons (Fsp3) is 0.462. The standard InChI is InChI=1S/C13H17ClFNO2/c1-3-4-7-11(13(17)18-2)16-10-8-5-6-9(14)12(10)15/h5-6,8,11,16H,3-4,7H2,1-2H3. The first-order chi connectivity index (χ1) is 8.60. The highest BCUT2D eigenvalue weighted by atomic mass is 35.5. The Balaban J connectivity index is 2.81. The second-order valence-corrected chi connectivity index (χ2v) is 4.37. The van der Waals surface area contributed by atoms with E-state index in [1.807, 2.05) is 6.92 Å². The number of anilines is 1. The molecule has 1 atom stereocenters. The predicted molar refractivity (Wildman–Crippen MR) is 70.4 cm³/mol. The lowest BCUT2D eigenvalue weighted by atomic mass is 10.1. The van der Waals surface area contributed by atoms with E-state index in [0.29, 0.717) is 6.42 Å². The third kappa shape index (κ3) is 3.88. The molecule has 0 saturated heterocycles. The van der Waals surface area contributed by atoms with Crippen molar-refractivity contribution in [3.63, 3.8) is 0 Å². The molecule has 5 heteroatoms. The molecule has 0 spiro atoms. The maximum absolute atomic E-state index is 13.7. The highest BCUT2D eigenvalue weighted by Crippen LogP contribution is 2.23. The molecule has 3 nitrogen and oxygen atoms in total. The average Bonchev–Trinajstić information content (AvgIpc) is 2.38. The number of unbranched alkanes of at least 4 members (excludes halogenated alkanes) is 1. The van der Waals surface area contributed by atoms with E-state index in [1.54, 1.807) is 12.1 Å². The fourth-order valence-corrected chi connectivity index (χ4v) is 1.78. The Labute approximate surface area is 111 Å². The molecule has 1 N–H and O–H groups in total. The third-order valence-corrected chi connectivity index (χ3v) is 2.91. The molecule has 0 radical (unpaired) electrons. The Morgan fingerprint density at radius 1 is 1.56 bits per heavy atom. The molecule has 0 aliphatic heterocycles. The van der Waals surface area contributed by atoms with Crippen molar-refractivity contribution >= 4 is 23.3 Å². The highest BCUT2D eigenvalue weighted by Gasteiger charge is 2.20. The highest BCUT2D eigenvalue weighted by molar-refractivity contribution is 6.31. The third-order valence-electron chi connectivity index (χ3n) is 2.61. The number of carbonyl (C=O) groups excluding carboxylic acids is 1. The molecule has 0 heterocycles. The van der Waals surface area contributed by atoms with Crippen molar-refractivity contribution in [2.45, 2.75) is 32.2 Å². The van der Waals surface area contributed by atoms with Crippen molar-refractivity contribution in [1.29, 1.82) is 0 Å². The Morgan fingerprint density at radius 2 is 2.28 bits per heavy atom. The summed E-state index contributed by atoms with van der Waals surface area (Å²) in [4.78, 5) is 11.6. The van der Waals surface area contributed by atoms with Crippen molar-refractivity contribution < 1.29 is 13.9 Å². The molecule has 0 saturated carbocycles. The first-order valence-electron chi connectivity index (χ1n) is 5.88. The van der Waals surface area contributed by atoms with Crippen molar-refractivity contribution in [3.05, 3.63) is 29.0 Å². The number of hydrogen-bond donors (Lipinski definition) is 1. The van der Waals surface area contributed by atoms with E-state index in [4.69, 9.17) is 16.3 Å². The van der Waals surface area contributed by atoms with Gasteiger partial charge in [0.2, 0.25) is 0 Å². The molecule has 100 valence electrons. The number of ether oxygens (including phenoxy) is 1. The van der Waals surface area contributed by atoms with Crippen molar-refractivity contribution in [2.75, 3.05) is 12.4 Å². The number of benzene rings is 1. The number of rotatable bonds is 6. The van der Waals surface area contributed by atoms with Crippen LogP contribution in [-0.2, 0) is 9.53 Å². The summed E-state index contributed by atoms with van der Waals surface area (Å²) in [6.45, 7) is 2.02. The van der Waals surface area contributed by atoms with Crippen LogP contribution in [0, 0.1) is 5.82 Å². The molecule has 1 aromatic carbocycles. The second-order valence-electron chi connectivity index (χ2n) is 3.96. The zero-order chi connectivity index (χ0) is 13.5. The largest absolute Gasteiger partial charge is 0.467 e. The van der Waals surface area contributed by atoms with Crippen LogP contribution in [0.1, 0.15) is 26.2 Å². The summed E-state index contributed by atoms with van der Waals surface area (Å²) in [7, 11) is 1.32. The van der Waals surface area contributed by atoms with Gasteiger partial charge in [-0.25, -0.2) is 9.18 Å². The number of hydrogen-bond acceptors (Lipinski definition) is 3. The van der Waals surface area contributed by atoms with Crippen LogP contribution in [-0.4, -0.2) is 19.1 Å². The molecular formula is C13H17ClFNO2. The van der Waals surface area contributed by atoms with Crippen LogP contribution in [0.25, 0.3) is 0 Å². The predicted octanol–water partition coefficient (Wildman–Crippen LogP) is 3.62. The van der Waals surface area contributed by atoms with E-state index in [1.165, 1.54) is 13.2 Å². The minimum Gasteiger partial charge on any atom is -0.467 e. The maximum Gasteiger partial charge on any atom is 0.328 e. The van der Waals surface area contributed by atoms with E-state index in [2.05, 4.69) is 5.32 Å². The van der Waals surface area contributed by atoms with Crippen molar-refractivity contribution in [3.8, 4) is 0 Å². The number of halogens is 2. The maximum atomic E-state index is 13.7. The van der Waals surface area contributed by atoms with Crippen LogP contribution in [0.15, 0.2) is 18.2 Å². The van der Waals surface area contributed by atoms with Gasteiger partial charge in [0.15, 0.2) is 5.82 Å². The second kappa shape index (κ2) is 7.21. The molecule has 0 aliphatic carbocycles. The summed E-state index contributed by atoms with van der Waals surface area (Å²) < 4.78 is 18.4. The zero-order valence-corrected chi connectivity index (χ0v) is 11.3. The fourth-order valence-electron chi connectivity index (χ4n) is 1.60. The Kier molecular flexibility index (Phi) is 5.92. The van der Waals surface area contributed by atoms with Gasteiger partial charge in [-0.05, 0) is 18.6 Å².